The van der Waals surface area contributed by atoms with Gasteiger partial charge in [-0.3, -0.25) is 0 Å². The summed E-state index contributed by atoms with van der Waals surface area (Å²) in [6, 6.07) is 0.953. The number of aliphatic hydroxyl groups excluding tert-OH is 1. The van der Waals surface area contributed by atoms with E-state index in [1.807, 2.05) is 20.8 Å². The maximum Gasteiger partial charge on any atom is 0.337 e. The Hall–Kier alpha value is -0.176. The molecular weight excluding hydrogens is 336 g/mol. The maximum absolute atomic E-state index is 12.7. The van der Waals surface area contributed by atoms with Gasteiger partial charge in [0.25, 0.3) is 0 Å². The van der Waals surface area contributed by atoms with Crippen LogP contribution in [-0.4, -0.2) is 45.3 Å². The van der Waals surface area contributed by atoms with Crippen molar-refractivity contribution >= 4 is 22.4 Å². The van der Waals surface area contributed by atoms with Gasteiger partial charge in [-0.15, -0.1) is 0 Å². The minimum absolute atomic E-state index is 0.0360. The van der Waals surface area contributed by atoms with Gasteiger partial charge in [0.15, 0.2) is 14.4 Å². The van der Waals surface area contributed by atoms with Gasteiger partial charge >= 0.3 is 5.97 Å². The zero-order valence-corrected chi connectivity index (χ0v) is 19.7. The van der Waals surface area contributed by atoms with Gasteiger partial charge in [0.2, 0.25) is 0 Å². The molecule has 6 heteroatoms. The standard InChI is InChI=1S/C18H40O4Si2/c1-17(2,3)21-16(20)15(14(19)12-13-23(7,8)9)22-24(10,11)18(4,5)6/h14-15,19H,12-13H2,1-11H3/t14-,15-/m1/s1. The highest BCUT2D eigenvalue weighted by atomic mass is 28.4. The Labute approximate surface area is 151 Å². The Balaban J connectivity index is 5.33. The molecule has 4 nitrogen and oxygen atoms in total. The summed E-state index contributed by atoms with van der Waals surface area (Å²) >= 11 is 0. The van der Waals surface area contributed by atoms with Crippen LogP contribution in [0.3, 0.4) is 0 Å². The van der Waals surface area contributed by atoms with Gasteiger partial charge in [-0.05, 0) is 45.3 Å². The monoisotopic (exact) mass is 376 g/mol. The average Bonchev–Trinajstić information content (AvgIpc) is 2.28. The smallest absolute Gasteiger partial charge is 0.337 e. The van der Waals surface area contributed by atoms with Crippen LogP contribution in [0.4, 0.5) is 0 Å². The third-order valence-corrected chi connectivity index (χ3v) is 10.7. The van der Waals surface area contributed by atoms with Crippen molar-refractivity contribution in [2.75, 3.05) is 0 Å². The van der Waals surface area contributed by atoms with Crippen molar-refractivity contribution in [3.05, 3.63) is 0 Å². The first-order valence-corrected chi connectivity index (χ1v) is 15.6. The molecule has 0 aromatic rings. The fourth-order valence-corrected chi connectivity index (χ4v) is 4.27. The first-order valence-electron chi connectivity index (χ1n) is 8.94. The molecule has 0 aromatic carbocycles. The molecule has 0 aromatic heterocycles. The molecule has 1 N–H and O–H groups in total. The van der Waals surface area contributed by atoms with Gasteiger partial charge in [-0.25, -0.2) is 4.79 Å². The number of ether oxygens (including phenoxy) is 1. The Morgan fingerprint density at radius 3 is 1.79 bits per heavy atom. The van der Waals surface area contributed by atoms with Crippen molar-refractivity contribution in [1.29, 1.82) is 0 Å². The van der Waals surface area contributed by atoms with Crippen molar-refractivity contribution in [1.82, 2.24) is 0 Å². The Kier molecular flexibility index (Phi) is 7.96. The summed E-state index contributed by atoms with van der Waals surface area (Å²) in [5, 5.41) is 10.7. The van der Waals surface area contributed by atoms with Gasteiger partial charge in [-0.1, -0.05) is 46.5 Å². The van der Waals surface area contributed by atoms with Gasteiger partial charge < -0.3 is 14.3 Å². The number of esters is 1. The minimum Gasteiger partial charge on any atom is -0.458 e. The van der Waals surface area contributed by atoms with Gasteiger partial charge in [0.1, 0.15) is 5.60 Å². The second-order valence-electron chi connectivity index (χ2n) is 10.5. The predicted molar refractivity (Wildman–Crippen MR) is 107 cm³/mol. The van der Waals surface area contributed by atoms with E-state index in [1.54, 1.807) is 0 Å². The van der Waals surface area contributed by atoms with Crippen LogP contribution in [0, 0.1) is 0 Å². The van der Waals surface area contributed by atoms with E-state index in [-0.39, 0.29) is 5.04 Å². The Bertz CT molecular complexity index is 414. The lowest BCUT2D eigenvalue weighted by molar-refractivity contribution is -0.169. The molecule has 0 saturated heterocycles. The quantitative estimate of drug-likeness (QED) is 0.512. The summed E-state index contributed by atoms with van der Waals surface area (Å²) in [6.07, 6.45) is -1.14. The number of hydrogen-bond acceptors (Lipinski definition) is 4. The Morgan fingerprint density at radius 2 is 1.46 bits per heavy atom. The summed E-state index contributed by atoms with van der Waals surface area (Å²) < 4.78 is 11.8. The van der Waals surface area contributed by atoms with Crippen molar-refractivity contribution in [2.24, 2.45) is 0 Å². The third kappa shape index (κ3) is 8.78. The van der Waals surface area contributed by atoms with Gasteiger partial charge in [-0.2, -0.15) is 0 Å². The number of rotatable bonds is 7. The topological polar surface area (TPSA) is 55.8 Å². The maximum atomic E-state index is 12.7. The fourth-order valence-electron chi connectivity index (χ4n) is 1.87. The van der Waals surface area contributed by atoms with E-state index in [4.69, 9.17) is 9.16 Å². The zero-order valence-electron chi connectivity index (χ0n) is 17.7. The molecule has 0 fully saturated rings. The highest BCUT2D eigenvalue weighted by Gasteiger charge is 2.44. The molecule has 0 radical (unpaired) electrons. The van der Waals surface area contributed by atoms with Crippen LogP contribution in [0.25, 0.3) is 0 Å². The van der Waals surface area contributed by atoms with Crippen LogP contribution >= 0.6 is 0 Å². The minimum atomic E-state index is -2.19. The lowest BCUT2D eigenvalue weighted by atomic mass is 10.1. The van der Waals surface area contributed by atoms with Crippen LogP contribution < -0.4 is 0 Å². The molecule has 2 atom stereocenters. The number of aliphatic hydroxyl groups is 1. The van der Waals surface area contributed by atoms with Crippen LogP contribution in [0.15, 0.2) is 0 Å². The molecule has 0 unspecified atom stereocenters. The first-order chi connectivity index (χ1) is 10.4. The molecule has 0 aliphatic heterocycles. The second kappa shape index (κ2) is 8.02. The molecule has 0 aliphatic carbocycles. The summed E-state index contributed by atoms with van der Waals surface area (Å²) in [5.74, 6) is -0.449. The van der Waals surface area contributed by atoms with Crippen LogP contribution in [0.5, 0.6) is 0 Å². The van der Waals surface area contributed by atoms with Gasteiger partial charge in [0.05, 0.1) is 6.10 Å². The number of carbonyl (C=O) groups excluding carboxylic acids is 1. The molecule has 0 heterocycles. The molecule has 0 amide bonds. The molecule has 24 heavy (non-hydrogen) atoms. The SMILES string of the molecule is CC(C)(C)OC(=O)[C@H](O[Si](C)(C)C(C)(C)C)[C@H](O)CC[Si](C)(C)C. The van der Waals surface area contributed by atoms with Gasteiger partial charge in [0, 0.05) is 8.07 Å². The number of hydrogen-bond donors (Lipinski definition) is 1. The largest absolute Gasteiger partial charge is 0.458 e. The van der Waals surface area contributed by atoms with E-state index in [1.165, 1.54) is 0 Å². The molecule has 0 saturated carbocycles. The fraction of sp³-hybridized carbons (Fsp3) is 0.944. The third-order valence-electron chi connectivity index (χ3n) is 4.41. The van der Waals surface area contributed by atoms with E-state index in [9.17, 15) is 9.90 Å². The summed E-state index contributed by atoms with van der Waals surface area (Å²) in [4.78, 5) is 12.7. The summed E-state index contributed by atoms with van der Waals surface area (Å²) in [6.45, 7) is 22.9. The lowest BCUT2D eigenvalue weighted by Crippen LogP contribution is -2.51. The molecule has 0 bridgehead atoms. The van der Waals surface area contributed by atoms with Crippen molar-refractivity contribution in [3.63, 3.8) is 0 Å². The molecule has 0 aliphatic rings. The highest BCUT2D eigenvalue weighted by molar-refractivity contribution is 6.76. The van der Waals surface area contributed by atoms with E-state index < -0.39 is 40.2 Å². The molecular formula is C18H40O4Si2. The van der Waals surface area contributed by atoms with E-state index >= 15 is 0 Å². The normalized spacial score (nSPS) is 16.7. The molecule has 144 valence electrons. The zero-order chi connectivity index (χ0) is 19.6. The molecule has 0 spiro atoms. The van der Waals surface area contributed by atoms with E-state index in [2.05, 4.69) is 53.5 Å². The number of carbonyl (C=O) groups is 1. The summed E-state index contributed by atoms with van der Waals surface area (Å²) in [7, 11) is -3.49. The van der Waals surface area contributed by atoms with E-state index in [0.29, 0.717) is 6.42 Å². The Morgan fingerprint density at radius 1 is 1.00 bits per heavy atom. The van der Waals surface area contributed by atoms with Crippen molar-refractivity contribution in [3.8, 4) is 0 Å². The predicted octanol–water partition coefficient (Wildman–Crippen LogP) is 4.81. The average molecular weight is 377 g/mol. The molecule has 0 rings (SSSR count). The van der Waals surface area contributed by atoms with Crippen LogP contribution in [0.1, 0.15) is 48.0 Å². The van der Waals surface area contributed by atoms with Crippen molar-refractivity contribution in [2.45, 2.75) is 110 Å². The van der Waals surface area contributed by atoms with Crippen LogP contribution in [-0.2, 0) is 14.0 Å². The highest BCUT2D eigenvalue weighted by Crippen LogP contribution is 2.38. The van der Waals surface area contributed by atoms with Crippen molar-refractivity contribution < 1.29 is 19.1 Å². The first kappa shape index (κ1) is 23.8. The van der Waals surface area contributed by atoms with Crippen LogP contribution in [0.2, 0.25) is 43.8 Å². The van der Waals surface area contributed by atoms with E-state index in [0.717, 1.165) is 6.04 Å². The summed E-state index contributed by atoms with van der Waals surface area (Å²) in [5.41, 5.74) is -0.593. The lowest BCUT2D eigenvalue weighted by Gasteiger charge is -2.40. The second-order valence-corrected chi connectivity index (χ2v) is 20.9.